The van der Waals surface area contributed by atoms with E-state index in [9.17, 15) is 4.79 Å². The first kappa shape index (κ1) is 23.8. The minimum Gasteiger partial charge on any atom is -0.353 e. The Kier molecular flexibility index (Phi) is 7.05. The molecule has 1 saturated heterocycles. The molecule has 0 bridgehead atoms. The Hall–Kier alpha value is -2.92. The molecule has 0 spiro atoms. The molecule has 0 atom stereocenters. The average Bonchev–Trinajstić information content (AvgIpc) is 3.45. The molecule has 2 fully saturated rings. The summed E-state index contributed by atoms with van der Waals surface area (Å²) >= 11 is 0. The van der Waals surface area contributed by atoms with Crippen molar-refractivity contribution in [1.82, 2.24) is 29.7 Å². The fourth-order valence-corrected chi connectivity index (χ4v) is 6.09. The summed E-state index contributed by atoms with van der Waals surface area (Å²) < 4.78 is 2.32. The molecule has 0 aromatic carbocycles. The molecule has 1 aliphatic heterocycles. The van der Waals surface area contributed by atoms with Gasteiger partial charge in [0.15, 0.2) is 0 Å². The van der Waals surface area contributed by atoms with Crippen molar-refractivity contribution in [2.24, 2.45) is 11.8 Å². The standard InChI is InChI=1S/C27H37N7O/c1-18(2)17-33-13-9-20(10-14-33)31-25(35)15-24-32-23-16-30-27-22(8-12-29-27)26(23)34(24)21-5-3-19(4-6-21)7-11-28/h8,12,16,18-21H,3-7,9-10,13-15,17H2,1-2H3,(H,29,30)(H,31,35)/t19-,21-. The fraction of sp³-hybridized carbons (Fsp3) is 0.630. The van der Waals surface area contributed by atoms with Gasteiger partial charge in [0.1, 0.15) is 17.0 Å². The van der Waals surface area contributed by atoms with Gasteiger partial charge in [-0.15, -0.1) is 0 Å². The van der Waals surface area contributed by atoms with Crippen LogP contribution in [0.15, 0.2) is 18.5 Å². The Balaban J connectivity index is 1.34. The van der Waals surface area contributed by atoms with Crippen molar-refractivity contribution in [3.63, 3.8) is 0 Å². The summed E-state index contributed by atoms with van der Waals surface area (Å²) in [6.45, 7) is 7.73. The number of aromatic amines is 1. The summed E-state index contributed by atoms with van der Waals surface area (Å²) in [6.07, 6.45) is 10.8. The molecule has 186 valence electrons. The lowest BCUT2D eigenvalue weighted by atomic mass is 9.84. The van der Waals surface area contributed by atoms with Crippen molar-refractivity contribution in [1.29, 1.82) is 5.26 Å². The zero-order chi connectivity index (χ0) is 24.4. The molecule has 4 heterocycles. The monoisotopic (exact) mass is 475 g/mol. The summed E-state index contributed by atoms with van der Waals surface area (Å²) in [5.41, 5.74) is 2.77. The first-order valence-corrected chi connectivity index (χ1v) is 13.2. The van der Waals surface area contributed by atoms with Gasteiger partial charge in [-0.3, -0.25) is 4.79 Å². The number of hydrogen-bond donors (Lipinski definition) is 2. The van der Waals surface area contributed by atoms with Gasteiger partial charge >= 0.3 is 0 Å². The van der Waals surface area contributed by atoms with Crippen LogP contribution < -0.4 is 5.32 Å². The molecule has 8 heteroatoms. The van der Waals surface area contributed by atoms with Gasteiger partial charge in [-0.1, -0.05) is 13.8 Å². The Morgan fingerprint density at radius 2 is 2.00 bits per heavy atom. The van der Waals surface area contributed by atoms with Gasteiger partial charge < -0.3 is 19.8 Å². The number of imidazole rings is 1. The number of likely N-dealkylation sites (tertiary alicyclic amines) is 1. The molecule has 2 aliphatic rings. The Morgan fingerprint density at radius 3 is 2.71 bits per heavy atom. The van der Waals surface area contributed by atoms with E-state index in [1.54, 1.807) is 0 Å². The minimum absolute atomic E-state index is 0.0558. The maximum Gasteiger partial charge on any atom is 0.227 e. The van der Waals surface area contributed by atoms with Crippen LogP contribution >= 0.6 is 0 Å². The van der Waals surface area contributed by atoms with Crippen molar-refractivity contribution >= 4 is 28.0 Å². The molecule has 8 nitrogen and oxygen atoms in total. The summed E-state index contributed by atoms with van der Waals surface area (Å²) in [4.78, 5) is 28.3. The van der Waals surface area contributed by atoms with Gasteiger partial charge in [0.2, 0.25) is 5.91 Å². The van der Waals surface area contributed by atoms with Gasteiger partial charge in [0.05, 0.1) is 24.2 Å². The quantitative estimate of drug-likeness (QED) is 0.529. The maximum atomic E-state index is 13.2. The molecule has 0 unspecified atom stereocenters. The van der Waals surface area contributed by atoms with Crippen molar-refractivity contribution < 1.29 is 4.79 Å². The Bertz CT molecular complexity index is 1200. The fourth-order valence-electron chi connectivity index (χ4n) is 6.09. The zero-order valence-corrected chi connectivity index (χ0v) is 21.0. The van der Waals surface area contributed by atoms with Gasteiger partial charge in [-0.25, -0.2) is 9.97 Å². The molecule has 1 amide bonds. The number of amides is 1. The predicted molar refractivity (Wildman–Crippen MR) is 137 cm³/mol. The number of carbonyl (C=O) groups is 1. The molecule has 1 saturated carbocycles. The van der Waals surface area contributed by atoms with E-state index in [4.69, 9.17) is 10.2 Å². The van der Waals surface area contributed by atoms with Crippen LogP contribution in [0.1, 0.15) is 70.7 Å². The lowest BCUT2D eigenvalue weighted by molar-refractivity contribution is -0.121. The van der Waals surface area contributed by atoms with Crippen LogP contribution in [0.4, 0.5) is 0 Å². The van der Waals surface area contributed by atoms with E-state index in [0.29, 0.717) is 18.3 Å². The second kappa shape index (κ2) is 10.4. The largest absolute Gasteiger partial charge is 0.353 e. The van der Waals surface area contributed by atoms with Gasteiger partial charge in [0, 0.05) is 49.7 Å². The van der Waals surface area contributed by atoms with Crippen LogP contribution in [0.5, 0.6) is 0 Å². The SMILES string of the molecule is CC(C)CN1CCC(NC(=O)Cc2nc3cnc4[nH]ccc4c3n2[C@H]2CC[C@H](CC#N)CC2)CC1. The van der Waals surface area contributed by atoms with E-state index >= 15 is 0 Å². The van der Waals surface area contributed by atoms with E-state index in [2.05, 4.69) is 50.7 Å². The summed E-state index contributed by atoms with van der Waals surface area (Å²) in [7, 11) is 0. The number of rotatable bonds is 7. The maximum absolute atomic E-state index is 13.2. The molecule has 0 radical (unpaired) electrons. The first-order chi connectivity index (χ1) is 17.0. The number of nitrogens with zero attached hydrogens (tertiary/aromatic N) is 5. The third-order valence-corrected chi connectivity index (χ3v) is 7.76. The smallest absolute Gasteiger partial charge is 0.227 e. The second-order valence-corrected chi connectivity index (χ2v) is 10.9. The third-order valence-electron chi connectivity index (χ3n) is 7.76. The molecule has 5 rings (SSSR count). The number of pyridine rings is 1. The third kappa shape index (κ3) is 5.20. The van der Waals surface area contributed by atoms with Crippen molar-refractivity contribution in [2.75, 3.05) is 19.6 Å². The molecule has 3 aromatic heterocycles. The lowest BCUT2D eigenvalue weighted by Gasteiger charge is -2.33. The van der Waals surface area contributed by atoms with Crippen LogP contribution in [-0.2, 0) is 11.2 Å². The Morgan fingerprint density at radius 1 is 1.23 bits per heavy atom. The molecule has 35 heavy (non-hydrogen) atoms. The van der Waals surface area contributed by atoms with Crippen LogP contribution in [0.2, 0.25) is 0 Å². The highest BCUT2D eigenvalue weighted by molar-refractivity contribution is 6.01. The molecule has 2 N–H and O–H groups in total. The highest BCUT2D eigenvalue weighted by Gasteiger charge is 2.28. The van der Waals surface area contributed by atoms with Crippen molar-refractivity contribution in [2.45, 2.75) is 77.3 Å². The number of nitrogens with one attached hydrogen (secondary N) is 2. The summed E-state index contributed by atoms with van der Waals surface area (Å²) in [6, 6.07) is 4.92. The predicted octanol–water partition coefficient (Wildman–Crippen LogP) is 4.34. The van der Waals surface area contributed by atoms with Crippen LogP contribution in [0.25, 0.3) is 22.1 Å². The number of carbonyl (C=O) groups excluding carboxylic acids is 1. The normalized spacial score (nSPS) is 22.1. The number of hydrogen-bond acceptors (Lipinski definition) is 5. The van der Waals surface area contributed by atoms with Gasteiger partial charge in [0.25, 0.3) is 0 Å². The number of fused-ring (bicyclic) bond motifs is 3. The number of aromatic nitrogens is 4. The molecular formula is C27H37N7O. The van der Waals surface area contributed by atoms with Crippen LogP contribution in [-0.4, -0.2) is 56.0 Å². The molecule has 3 aromatic rings. The molecule has 1 aliphatic carbocycles. The topological polar surface area (TPSA) is 103 Å². The van der Waals surface area contributed by atoms with Gasteiger partial charge in [-0.2, -0.15) is 5.26 Å². The van der Waals surface area contributed by atoms with Gasteiger partial charge in [-0.05, 0) is 56.4 Å². The van der Waals surface area contributed by atoms with Crippen molar-refractivity contribution in [3.8, 4) is 6.07 Å². The van der Waals surface area contributed by atoms with E-state index < -0.39 is 0 Å². The van der Waals surface area contributed by atoms with Crippen LogP contribution in [0.3, 0.4) is 0 Å². The summed E-state index contributed by atoms with van der Waals surface area (Å²) in [5.74, 6) is 2.03. The second-order valence-electron chi connectivity index (χ2n) is 10.9. The first-order valence-electron chi connectivity index (χ1n) is 13.2. The van der Waals surface area contributed by atoms with Crippen LogP contribution in [0, 0.1) is 23.2 Å². The zero-order valence-electron chi connectivity index (χ0n) is 21.0. The van der Waals surface area contributed by atoms with E-state index in [0.717, 1.165) is 86.1 Å². The van der Waals surface area contributed by atoms with Crippen molar-refractivity contribution in [3.05, 3.63) is 24.3 Å². The number of H-pyrrole nitrogens is 1. The Labute approximate surface area is 207 Å². The average molecular weight is 476 g/mol. The minimum atomic E-state index is 0.0558. The number of nitriles is 1. The highest BCUT2D eigenvalue weighted by Crippen LogP contribution is 2.38. The lowest BCUT2D eigenvalue weighted by Crippen LogP contribution is -2.46. The molecular weight excluding hydrogens is 438 g/mol. The van der Waals surface area contributed by atoms with E-state index in [1.165, 1.54) is 0 Å². The summed E-state index contributed by atoms with van der Waals surface area (Å²) in [5, 5.41) is 13.5. The van der Waals surface area contributed by atoms with E-state index in [1.807, 2.05) is 12.4 Å². The number of piperidine rings is 1. The van der Waals surface area contributed by atoms with E-state index in [-0.39, 0.29) is 24.4 Å². The highest BCUT2D eigenvalue weighted by atomic mass is 16.1.